The van der Waals surface area contributed by atoms with Crippen LogP contribution in [0.4, 0.5) is 5.69 Å². The first-order valence-corrected chi connectivity index (χ1v) is 7.93. The van der Waals surface area contributed by atoms with E-state index in [0.717, 1.165) is 29.4 Å². The van der Waals surface area contributed by atoms with Crippen LogP contribution < -0.4 is 5.32 Å². The normalized spacial score (nSPS) is 20.4. The number of rotatable bonds is 2. The van der Waals surface area contributed by atoms with Crippen molar-refractivity contribution in [3.8, 4) is 6.07 Å². The minimum Gasteiger partial charge on any atom is -0.367 e. The molecule has 0 bridgehead atoms. The fourth-order valence-corrected chi connectivity index (χ4v) is 3.40. The summed E-state index contributed by atoms with van der Waals surface area (Å²) in [6, 6.07) is 17.1. The van der Waals surface area contributed by atoms with Gasteiger partial charge in [0.2, 0.25) is 0 Å². The van der Waals surface area contributed by atoms with E-state index in [4.69, 9.17) is 0 Å². The molecule has 1 aliphatic carbocycles. The van der Waals surface area contributed by atoms with Gasteiger partial charge in [0, 0.05) is 16.6 Å². The van der Waals surface area contributed by atoms with Gasteiger partial charge in [0.1, 0.15) is 5.54 Å². The molecule has 2 aromatic carbocycles. The highest BCUT2D eigenvalue weighted by Gasteiger charge is 2.34. The van der Waals surface area contributed by atoms with Crippen molar-refractivity contribution in [2.24, 2.45) is 0 Å². The summed E-state index contributed by atoms with van der Waals surface area (Å²) in [7, 11) is 0. The summed E-state index contributed by atoms with van der Waals surface area (Å²) in [6.07, 6.45) is 2.52. The molecule has 0 spiro atoms. The number of nitrogens with zero attached hydrogens (tertiary/aromatic N) is 1. The Morgan fingerprint density at radius 3 is 2.81 bits per heavy atom. The Morgan fingerprint density at radius 1 is 1.19 bits per heavy atom. The van der Waals surface area contributed by atoms with E-state index in [0.29, 0.717) is 0 Å². The van der Waals surface area contributed by atoms with Crippen molar-refractivity contribution in [3.05, 3.63) is 63.6 Å². The van der Waals surface area contributed by atoms with Gasteiger partial charge in [0.15, 0.2) is 0 Å². The van der Waals surface area contributed by atoms with Crippen LogP contribution in [0.15, 0.2) is 46.9 Å². The highest BCUT2D eigenvalue weighted by atomic mass is 79.9. The van der Waals surface area contributed by atoms with E-state index in [1.165, 1.54) is 16.7 Å². The zero-order chi connectivity index (χ0) is 14.9. The van der Waals surface area contributed by atoms with Crippen LogP contribution in [-0.2, 0) is 12.8 Å². The van der Waals surface area contributed by atoms with Crippen LogP contribution in [0.3, 0.4) is 0 Å². The maximum Gasteiger partial charge on any atom is 0.129 e. The first kappa shape index (κ1) is 14.2. The Balaban J connectivity index is 1.89. The molecular formula is C18H17BrN2. The van der Waals surface area contributed by atoms with Gasteiger partial charge in [-0.05, 0) is 60.7 Å². The molecule has 0 saturated heterocycles. The van der Waals surface area contributed by atoms with Crippen LogP contribution in [0, 0.1) is 18.3 Å². The first-order chi connectivity index (χ1) is 10.1. The first-order valence-electron chi connectivity index (χ1n) is 7.14. The van der Waals surface area contributed by atoms with Gasteiger partial charge >= 0.3 is 0 Å². The third kappa shape index (κ3) is 2.96. The van der Waals surface area contributed by atoms with Gasteiger partial charge < -0.3 is 5.32 Å². The number of nitriles is 1. The predicted molar refractivity (Wildman–Crippen MR) is 89.3 cm³/mol. The maximum absolute atomic E-state index is 9.73. The molecule has 0 saturated carbocycles. The Kier molecular flexibility index (Phi) is 3.73. The Bertz CT molecular complexity index is 717. The van der Waals surface area contributed by atoms with Gasteiger partial charge in [-0.15, -0.1) is 0 Å². The monoisotopic (exact) mass is 340 g/mol. The molecule has 1 N–H and O–H groups in total. The van der Waals surface area contributed by atoms with Crippen molar-refractivity contribution in [2.75, 3.05) is 5.32 Å². The van der Waals surface area contributed by atoms with E-state index in [2.05, 4.69) is 64.6 Å². The minimum atomic E-state index is -0.505. The predicted octanol–water partition coefficient (Wildman–Crippen LogP) is 4.62. The molecular weight excluding hydrogens is 324 g/mol. The lowest BCUT2D eigenvalue weighted by Gasteiger charge is -2.34. The van der Waals surface area contributed by atoms with E-state index in [9.17, 15) is 5.26 Å². The molecule has 3 rings (SSSR count). The molecule has 2 nitrogen and oxygen atoms in total. The molecule has 21 heavy (non-hydrogen) atoms. The van der Waals surface area contributed by atoms with Crippen LogP contribution in [0.5, 0.6) is 0 Å². The Morgan fingerprint density at radius 2 is 2.05 bits per heavy atom. The van der Waals surface area contributed by atoms with Crippen molar-refractivity contribution in [2.45, 2.75) is 31.7 Å². The number of nitrogens with one attached hydrogen (secondary N) is 1. The van der Waals surface area contributed by atoms with Gasteiger partial charge in [-0.2, -0.15) is 5.26 Å². The molecule has 0 heterocycles. The lowest BCUT2D eigenvalue weighted by atomic mass is 9.78. The summed E-state index contributed by atoms with van der Waals surface area (Å²) in [5.74, 6) is 0. The fraction of sp³-hybridized carbons (Fsp3) is 0.278. The van der Waals surface area contributed by atoms with Gasteiger partial charge in [-0.3, -0.25) is 0 Å². The summed E-state index contributed by atoms with van der Waals surface area (Å²) in [6.45, 7) is 2.07. The molecule has 0 radical (unpaired) electrons. The number of benzene rings is 2. The molecule has 3 heteroatoms. The highest BCUT2D eigenvalue weighted by molar-refractivity contribution is 9.10. The fourth-order valence-electron chi connectivity index (χ4n) is 2.99. The second-order valence-corrected chi connectivity index (χ2v) is 6.69. The quantitative estimate of drug-likeness (QED) is 0.865. The number of hydrogen-bond donors (Lipinski definition) is 1. The summed E-state index contributed by atoms with van der Waals surface area (Å²) in [4.78, 5) is 0. The third-order valence-corrected chi connectivity index (χ3v) is 4.59. The molecule has 2 aromatic rings. The number of anilines is 1. The third-order valence-electron chi connectivity index (χ3n) is 4.10. The average molecular weight is 341 g/mol. The van der Waals surface area contributed by atoms with Gasteiger partial charge in [0.25, 0.3) is 0 Å². The molecule has 1 atom stereocenters. The Hall–Kier alpha value is -1.79. The van der Waals surface area contributed by atoms with Gasteiger partial charge in [-0.25, -0.2) is 0 Å². The number of halogens is 1. The van der Waals surface area contributed by atoms with Crippen molar-refractivity contribution in [3.63, 3.8) is 0 Å². The van der Waals surface area contributed by atoms with Crippen molar-refractivity contribution in [1.82, 2.24) is 0 Å². The number of fused-ring (bicyclic) bond motifs is 1. The summed E-state index contributed by atoms with van der Waals surface area (Å²) in [5, 5.41) is 13.2. The largest absolute Gasteiger partial charge is 0.367 e. The lowest BCUT2D eigenvalue weighted by Crippen LogP contribution is -2.42. The molecule has 0 fully saturated rings. The van der Waals surface area contributed by atoms with E-state index in [-0.39, 0.29) is 0 Å². The van der Waals surface area contributed by atoms with E-state index in [1.54, 1.807) is 0 Å². The van der Waals surface area contributed by atoms with Crippen molar-refractivity contribution >= 4 is 21.6 Å². The minimum absolute atomic E-state index is 0.505. The van der Waals surface area contributed by atoms with Crippen LogP contribution in [0.1, 0.15) is 23.1 Å². The van der Waals surface area contributed by atoms with E-state index < -0.39 is 5.54 Å². The topological polar surface area (TPSA) is 35.8 Å². The van der Waals surface area contributed by atoms with Crippen LogP contribution in [0.2, 0.25) is 0 Å². The average Bonchev–Trinajstić information content (AvgIpc) is 2.47. The molecule has 1 unspecified atom stereocenters. The summed E-state index contributed by atoms with van der Waals surface area (Å²) < 4.78 is 1.11. The molecule has 106 valence electrons. The zero-order valence-corrected chi connectivity index (χ0v) is 13.6. The second kappa shape index (κ2) is 5.54. The Labute approximate surface area is 133 Å². The smallest absolute Gasteiger partial charge is 0.129 e. The van der Waals surface area contributed by atoms with Gasteiger partial charge in [0.05, 0.1) is 6.07 Å². The van der Waals surface area contributed by atoms with E-state index >= 15 is 0 Å². The summed E-state index contributed by atoms with van der Waals surface area (Å²) in [5.41, 5.74) is 4.34. The van der Waals surface area contributed by atoms with Crippen LogP contribution in [-0.4, -0.2) is 5.54 Å². The van der Waals surface area contributed by atoms with Crippen molar-refractivity contribution in [1.29, 1.82) is 5.26 Å². The SMILES string of the molecule is Cc1cccc(NC2(C#N)CCc3cc(Br)ccc3C2)c1. The van der Waals surface area contributed by atoms with Crippen molar-refractivity contribution < 1.29 is 0 Å². The summed E-state index contributed by atoms with van der Waals surface area (Å²) >= 11 is 3.52. The lowest BCUT2D eigenvalue weighted by molar-refractivity contribution is 0.506. The molecule has 0 aliphatic heterocycles. The maximum atomic E-state index is 9.73. The molecule has 1 aliphatic rings. The van der Waals surface area contributed by atoms with Gasteiger partial charge in [-0.1, -0.05) is 34.1 Å². The zero-order valence-electron chi connectivity index (χ0n) is 12.0. The van der Waals surface area contributed by atoms with Crippen LogP contribution in [0.25, 0.3) is 0 Å². The van der Waals surface area contributed by atoms with Crippen LogP contribution >= 0.6 is 15.9 Å². The second-order valence-electron chi connectivity index (χ2n) is 5.78. The standard InChI is InChI=1S/C18H17BrN2/c1-13-3-2-4-17(9-13)21-18(12-20)8-7-14-10-16(19)6-5-15(14)11-18/h2-6,9-10,21H,7-8,11H2,1H3. The molecule has 0 amide bonds. The number of hydrogen-bond acceptors (Lipinski definition) is 2. The number of aryl methyl sites for hydroxylation is 2. The highest BCUT2D eigenvalue weighted by Crippen LogP contribution is 2.33. The van der Waals surface area contributed by atoms with E-state index in [1.807, 2.05) is 12.1 Å². The molecule has 0 aromatic heterocycles.